The van der Waals surface area contributed by atoms with Crippen LogP contribution in [-0.2, 0) is 11.2 Å². The van der Waals surface area contributed by atoms with Crippen molar-refractivity contribution in [1.29, 1.82) is 0 Å². The fourth-order valence-corrected chi connectivity index (χ4v) is 4.08. The molecule has 0 aliphatic carbocycles. The first-order chi connectivity index (χ1) is 14.6. The van der Waals surface area contributed by atoms with Crippen LogP contribution in [0.5, 0.6) is 11.5 Å². The molecule has 0 unspecified atom stereocenters. The van der Waals surface area contributed by atoms with Gasteiger partial charge in [-0.1, -0.05) is 12.1 Å². The van der Waals surface area contributed by atoms with Gasteiger partial charge >= 0.3 is 0 Å². The molecule has 152 valence electrons. The van der Waals surface area contributed by atoms with E-state index in [4.69, 9.17) is 9.47 Å². The SMILES string of the molecule is O=C(C=C1NCCc2cc3c(cc21)OCO3)CCCN1C(=O)c2ccccc2C1=O. The molecule has 5 rings (SSSR count). The number of rotatable bonds is 5. The highest BCUT2D eigenvalue weighted by Crippen LogP contribution is 2.38. The molecule has 0 bridgehead atoms. The Hall–Kier alpha value is -3.61. The van der Waals surface area contributed by atoms with E-state index in [1.165, 1.54) is 4.90 Å². The van der Waals surface area contributed by atoms with Gasteiger partial charge in [-0.25, -0.2) is 0 Å². The second-order valence-electron chi connectivity index (χ2n) is 7.47. The summed E-state index contributed by atoms with van der Waals surface area (Å²) in [6.45, 7) is 1.17. The van der Waals surface area contributed by atoms with E-state index in [1.807, 2.05) is 12.1 Å². The number of nitrogens with one attached hydrogen (secondary N) is 1. The second kappa shape index (κ2) is 7.33. The molecule has 0 aromatic heterocycles. The number of ether oxygens (including phenoxy) is 2. The van der Waals surface area contributed by atoms with Crippen molar-refractivity contribution in [2.24, 2.45) is 0 Å². The summed E-state index contributed by atoms with van der Waals surface area (Å²) < 4.78 is 10.9. The van der Waals surface area contributed by atoms with Crippen molar-refractivity contribution in [3.05, 3.63) is 64.7 Å². The van der Waals surface area contributed by atoms with Crippen LogP contribution >= 0.6 is 0 Å². The zero-order valence-corrected chi connectivity index (χ0v) is 16.3. The minimum Gasteiger partial charge on any atom is -0.454 e. The van der Waals surface area contributed by atoms with E-state index >= 15 is 0 Å². The fraction of sp³-hybridized carbons (Fsp3) is 0.261. The Morgan fingerprint density at radius 1 is 1.03 bits per heavy atom. The van der Waals surface area contributed by atoms with Crippen LogP contribution in [0.2, 0.25) is 0 Å². The Labute approximate surface area is 173 Å². The first-order valence-corrected chi connectivity index (χ1v) is 9.98. The van der Waals surface area contributed by atoms with Gasteiger partial charge in [-0.3, -0.25) is 19.3 Å². The van der Waals surface area contributed by atoms with Gasteiger partial charge in [0.25, 0.3) is 11.8 Å². The van der Waals surface area contributed by atoms with Crippen LogP contribution in [0, 0.1) is 0 Å². The second-order valence-corrected chi connectivity index (χ2v) is 7.47. The van der Waals surface area contributed by atoms with Gasteiger partial charge in [0, 0.05) is 36.8 Å². The van der Waals surface area contributed by atoms with Gasteiger partial charge in [0.15, 0.2) is 17.3 Å². The maximum absolute atomic E-state index is 12.5. The molecule has 0 spiro atoms. The molecule has 0 saturated carbocycles. The summed E-state index contributed by atoms with van der Waals surface area (Å²) >= 11 is 0. The van der Waals surface area contributed by atoms with E-state index in [2.05, 4.69) is 5.32 Å². The number of amides is 2. The Morgan fingerprint density at radius 3 is 2.47 bits per heavy atom. The molecule has 0 fully saturated rings. The maximum Gasteiger partial charge on any atom is 0.261 e. The average molecular weight is 404 g/mol. The van der Waals surface area contributed by atoms with Crippen molar-refractivity contribution in [2.75, 3.05) is 19.9 Å². The number of allylic oxidation sites excluding steroid dienone is 1. The molecular weight excluding hydrogens is 384 g/mol. The normalized spacial score (nSPS) is 17.7. The molecule has 2 aromatic rings. The number of nitrogens with zero attached hydrogens (tertiary/aromatic N) is 1. The number of hydrogen-bond donors (Lipinski definition) is 1. The van der Waals surface area contributed by atoms with Gasteiger partial charge < -0.3 is 14.8 Å². The summed E-state index contributed by atoms with van der Waals surface area (Å²) in [5.41, 5.74) is 3.68. The quantitative estimate of drug-likeness (QED) is 0.609. The summed E-state index contributed by atoms with van der Waals surface area (Å²) in [4.78, 5) is 38.6. The fourth-order valence-electron chi connectivity index (χ4n) is 4.08. The van der Waals surface area contributed by atoms with Crippen LogP contribution in [0.15, 0.2) is 42.5 Å². The van der Waals surface area contributed by atoms with E-state index in [9.17, 15) is 14.4 Å². The number of carbonyl (C=O) groups is 3. The lowest BCUT2D eigenvalue weighted by molar-refractivity contribution is -0.114. The molecule has 0 saturated heterocycles. The molecular formula is C23H20N2O5. The van der Waals surface area contributed by atoms with Crippen LogP contribution in [0.3, 0.4) is 0 Å². The molecule has 3 heterocycles. The lowest BCUT2D eigenvalue weighted by Crippen LogP contribution is -2.31. The number of hydrogen-bond acceptors (Lipinski definition) is 6. The van der Waals surface area contributed by atoms with Crippen LogP contribution in [0.4, 0.5) is 0 Å². The molecule has 0 atom stereocenters. The molecule has 7 nitrogen and oxygen atoms in total. The Balaban J connectivity index is 1.24. The van der Waals surface area contributed by atoms with Crippen LogP contribution in [0.1, 0.15) is 44.7 Å². The van der Waals surface area contributed by atoms with E-state index < -0.39 is 0 Å². The number of benzene rings is 2. The molecule has 7 heteroatoms. The van der Waals surface area contributed by atoms with Gasteiger partial charge in [0.1, 0.15) is 0 Å². The minimum atomic E-state index is -0.291. The lowest BCUT2D eigenvalue weighted by Gasteiger charge is -2.21. The van der Waals surface area contributed by atoms with E-state index in [0.29, 0.717) is 23.3 Å². The van der Waals surface area contributed by atoms with Crippen molar-refractivity contribution in [3.8, 4) is 11.5 Å². The highest BCUT2D eigenvalue weighted by Gasteiger charge is 2.34. The van der Waals surface area contributed by atoms with Crippen molar-refractivity contribution in [1.82, 2.24) is 10.2 Å². The smallest absolute Gasteiger partial charge is 0.261 e. The zero-order chi connectivity index (χ0) is 20.7. The van der Waals surface area contributed by atoms with Crippen LogP contribution in [-0.4, -0.2) is 42.4 Å². The third-order valence-electron chi connectivity index (χ3n) is 5.59. The lowest BCUT2D eigenvalue weighted by atomic mass is 9.96. The number of carbonyl (C=O) groups excluding carboxylic acids is 3. The Kier molecular flexibility index (Phi) is 4.50. The number of ketones is 1. The van der Waals surface area contributed by atoms with E-state index in [-0.39, 0.29) is 37.4 Å². The van der Waals surface area contributed by atoms with Gasteiger partial charge in [-0.2, -0.15) is 0 Å². The number of imide groups is 1. The monoisotopic (exact) mass is 404 g/mol. The highest BCUT2D eigenvalue weighted by molar-refractivity contribution is 6.21. The number of fused-ring (bicyclic) bond motifs is 3. The van der Waals surface area contributed by atoms with Crippen molar-refractivity contribution >= 4 is 23.3 Å². The largest absolute Gasteiger partial charge is 0.454 e. The molecule has 30 heavy (non-hydrogen) atoms. The topological polar surface area (TPSA) is 84.9 Å². The van der Waals surface area contributed by atoms with E-state index in [0.717, 1.165) is 35.5 Å². The average Bonchev–Trinajstić information content (AvgIpc) is 3.30. The zero-order valence-electron chi connectivity index (χ0n) is 16.3. The summed E-state index contributed by atoms with van der Waals surface area (Å²) in [5, 5.41) is 3.28. The van der Waals surface area contributed by atoms with Crippen molar-refractivity contribution in [3.63, 3.8) is 0 Å². The Morgan fingerprint density at radius 2 is 1.73 bits per heavy atom. The Bertz CT molecular complexity index is 1070. The molecule has 3 aliphatic rings. The van der Waals surface area contributed by atoms with Crippen molar-refractivity contribution < 1.29 is 23.9 Å². The van der Waals surface area contributed by atoms with Gasteiger partial charge in [-0.05, 0) is 42.7 Å². The van der Waals surface area contributed by atoms with Crippen LogP contribution < -0.4 is 14.8 Å². The molecule has 1 N–H and O–H groups in total. The van der Waals surface area contributed by atoms with Crippen LogP contribution in [0.25, 0.3) is 5.70 Å². The van der Waals surface area contributed by atoms with Crippen molar-refractivity contribution in [2.45, 2.75) is 19.3 Å². The first-order valence-electron chi connectivity index (χ1n) is 9.98. The summed E-state index contributed by atoms with van der Waals surface area (Å²) in [6.07, 6.45) is 3.11. The summed E-state index contributed by atoms with van der Waals surface area (Å²) in [5.74, 6) is 0.782. The summed E-state index contributed by atoms with van der Waals surface area (Å²) in [6, 6.07) is 10.7. The standard InChI is InChI=1S/C23H20N2O5/c26-15(4-3-9-25-22(27)16-5-1-2-6-17(16)23(25)28)11-19-18-12-21-20(29-13-30-21)10-14(18)7-8-24-19/h1-2,5-6,10-12,24H,3-4,7-9,13H2. The van der Waals surface area contributed by atoms with Gasteiger partial charge in [0.05, 0.1) is 11.1 Å². The molecule has 3 aliphatic heterocycles. The highest BCUT2D eigenvalue weighted by atomic mass is 16.7. The third-order valence-corrected chi connectivity index (χ3v) is 5.59. The van der Waals surface area contributed by atoms with E-state index in [1.54, 1.807) is 30.3 Å². The molecule has 0 radical (unpaired) electrons. The molecule has 2 amide bonds. The minimum absolute atomic E-state index is 0.0559. The summed E-state index contributed by atoms with van der Waals surface area (Å²) in [7, 11) is 0. The maximum atomic E-state index is 12.5. The third kappa shape index (κ3) is 3.12. The first kappa shape index (κ1) is 18.4. The van der Waals surface area contributed by atoms with Gasteiger partial charge in [-0.15, -0.1) is 0 Å². The predicted molar refractivity (Wildman–Crippen MR) is 108 cm³/mol. The predicted octanol–water partition coefficient (Wildman–Crippen LogP) is 2.55. The molecule has 2 aromatic carbocycles. The van der Waals surface area contributed by atoms with Gasteiger partial charge in [0.2, 0.25) is 6.79 Å².